The van der Waals surface area contributed by atoms with Crippen LogP contribution in [-0.2, 0) is 11.3 Å². The summed E-state index contributed by atoms with van der Waals surface area (Å²) < 4.78 is 13.6. The molecule has 2 aromatic carbocycles. The van der Waals surface area contributed by atoms with Gasteiger partial charge in [-0.3, -0.25) is 4.79 Å². The lowest BCUT2D eigenvalue weighted by Gasteiger charge is -2.19. The summed E-state index contributed by atoms with van der Waals surface area (Å²) in [5, 5.41) is 14.9. The number of hydrogen-bond donors (Lipinski definition) is 1. The zero-order valence-corrected chi connectivity index (χ0v) is 23.2. The van der Waals surface area contributed by atoms with Crippen molar-refractivity contribution >= 4 is 34.1 Å². The normalized spacial score (nSPS) is 11.9. The molecule has 8 nitrogen and oxygen atoms in total. The highest BCUT2D eigenvalue weighted by Crippen LogP contribution is 2.32. The van der Waals surface area contributed by atoms with E-state index in [0.29, 0.717) is 40.1 Å². The number of thiazole rings is 1. The van der Waals surface area contributed by atoms with E-state index in [2.05, 4.69) is 34.3 Å². The number of anilines is 1. The van der Waals surface area contributed by atoms with Gasteiger partial charge in [0, 0.05) is 17.5 Å². The van der Waals surface area contributed by atoms with Gasteiger partial charge in [-0.05, 0) is 31.9 Å². The predicted octanol–water partition coefficient (Wildman–Crippen LogP) is 6.25. The number of benzene rings is 2. The molecule has 1 N–H and O–H groups in total. The zero-order valence-electron chi connectivity index (χ0n) is 21.6. The highest BCUT2D eigenvalue weighted by molar-refractivity contribution is 7.99. The number of hydrogen-bond acceptors (Lipinski definition) is 8. The number of nitrogens with one attached hydrogen (secondary N) is 1. The lowest BCUT2D eigenvalue weighted by molar-refractivity contribution is -0.113. The van der Waals surface area contributed by atoms with Crippen LogP contribution in [0.4, 0.5) is 5.13 Å². The van der Waals surface area contributed by atoms with Crippen LogP contribution in [0.25, 0.3) is 11.3 Å². The number of para-hydroxylation sites is 2. The highest BCUT2D eigenvalue weighted by atomic mass is 32.2. The second-order valence-corrected chi connectivity index (χ2v) is 10.8. The van der Waals surface area contributed by atoms with Crippen LogP contribution in [0.1, 0.15) is 38.3 Å². The van der Waals surface area contributed by atoms with Crippen LogP contribution in [0.15, 0.2) is 59.1 Å². The molecule has 0 saturated heterocycles. The van der Waals surface area contributed by atoms with Crippen LogP contribution in [-0.4, -0.2) is 38.5 Å². The van der Waals surface area contributed by atoms with Gasteiger partial charge in [-0.2, -0.15) is 0 Å². The Balaban J connectivity index is 1.41. The molecular formula is C27H31N5O3S2. The maximum absolute atomic E-state index is 12.7. The molecule has 0 radical (unpaired) electrons. The van der Waals surface area contributed by atoms with Crippen molar-refractivity contribution in [3.8, 4) is 22.8 Å². The minimum atomic E-state index is -0.360. The number of aromatic nitrogens is 4. The SMILES string of the molecule is COc1ccccc1OC(C)c1nnc(SCC(=O)Nc2nc(-c3ccc(C)cc3)cs2)n1CC(C)C. The second kappa shape index (κ2) is 12.2. The number of carbonyl (C=O) groups is 1. The molecule has 10 heteroatoms. The average molecular weight is 538 g/mol. The Labute approximate surface area is 225 Å². The van der Waals surface area contributed by atoms with Crippen molar-refractivity contribution in [2.75, 3.05) is 18.2 Å². The van der Waals surface area contributed by atoms with Crippen molar-refractivity contribution in [2.24, 2.45) is 5.92 Å². The molecule has 0 fully saturated rings. The van der Waals surface area contributed by atoms with Gasteiger partial charge in [0.1, 0.15) is 0 Å². The first kappa shape index (κ1) is 26.7. The van der Waals surface area contributed by atoms with Crippen molar-refractivity contribution in [1.82, 2.24) is 19.7 Å². The molecule has 2 heterocycles. The van der Waals surface area contributed by atoms with Crippen molar-refractivity contribution in [2.45, 2.75) is 45.5 Å². The van der Waals surface area contributed by atoms with Gasteiger partial charge in [0.25, 0.3) is 0 Å². The van der Waals surface area contributed by atoms with Gasteiger partial charge in [-0.25, -0.2) is 4.98 Å². The number of methoxy groups -OCH3 is 1. The van der Waals surface area contributed by atoms with Gasteiger partial charge < -0.3 is 19.4 Å². The predicted molar refractivity (Wildman–Crippen MR) is 149 cm³/mol. The van der Waals surface area contributed by atoms with Gasteiger partial charge in [0.05, 0.1) is 18.6 Å². The number of aryl methyl sites for hydroxylation is 1. The van der Waals surface area contributed by atoms with E-state index in [-0.39, 0.29) is 17.8 Å². The van der Waals surface area contributed by atoms with Gasteiger partial charge in [-0.15, -0.1) is 21.5 Å². The van der Waals surface area contributed by atoms with E-state index in [1.165, 1.54) is 28.7 Å². The fraction of sp³-hybridized carbons (Fsp3) is 0.333. The highest BCUT2D eigenvalue weighted by Gasteiger charge is 2.22. The molecule has 4 rings (SSSR count). The van der Waals surface area contributed by atoms with Crippen LogP contribution in [0, 0.1) is 12.8 Å². The fourth-order valence-corrected chi connectivity index (χ4v) is 5.17. The molecule has 0 aliphatic carbocycles. The maximum Gasteiger partial charge on any atom is 0.236 e. The third kappa shape index (κ3) is 6.90. The Hall–Kier alpha value is -3.37. The van der Waals surface area contributed by atoms with E-state index in [1.54, 1.807) is 7.11 Å². The van der Waals surface area contributed by atoms with E-state index in [9.17, 15) is 4.79 Å². The first-order chi connectivity index (χ1) is 17.8. The van der Waals surface area contributed by atoms with Gasteiger partial charge in [0.15, 0.2) is 33.7 Å². The van der Waals surface area contributed by atoms with Crippen LogP contribution < -0.4 is 14.8 Å². The van der Waals surface area contributed by atoms with E-state index >= 15 is 0 Å². The number of amides is 1. The number of nitrogens with zero attached hydrogens (tertiary/aromatic N) is 4. The fourth-order valence-electron chi connectivity index (χ4n) is 3.68. The molecule has 0 aliphatic heterocycles. The standard InChI is InChI=1S/C27H31N5O3S2/c1-17(2)14-32-25(19(4)35-23-9-7-6-8-22(23)34-5)30-31-27(32)37-16-24(33)29-26-28-21(15-36-26)20-12-10-18(3)11-13-20/h6-13,15,17,19H,14,16H2,1-5H3,(H,28,29,33). The largest absolute Gasteiger partial charge is 0.493 e. The minimum absolute atomic E-state index is 0.145. The summed E-state index contributed by atoms with van der Waals surface area (Å²) in [5.74, 6) is 2.40. The molecule has 194 valence electrons. The van der Waals surface area contributed by atoms with Crippen LogP contribution in [0.3, 0.4) is 0 Å². The molecular weight excluding hydrogens is 506 g/mol. The molecule has 1 atom stereocenters. The van der Waals surface area contributed by atoms with Gasteiger partial charge in [0.2, 0.25) is 5.91 Å². The smallest absolute Gasteiger partial charge is 0.236 e. The minimum Gasteiger partial charge on any atom is -0.493 e. The summed E-state index contributed by atoms with van der Waals surface area (Å²) >= 11 is 2.76. The number of rotatable bonds is 11. The van der Waals surface area contributed by atoms with Gasteiger partial charge >= 0.3 is 0 Å². The first-order valence-corrected chi connectivity index (χ1v) is 13.9. The molecule has 37 heavy (non-hydrogen) atoms. The summed E-state index contributed by atoms with van der Waals surface area (Å²) in [6, 6.07) is 15.7. The lowest BCUT2D eigenvalue weighted by Crippen LogP contribution is -2.17. The summed E-state index contributed by atoms with van der Waals surface area (Å²) in [6.45, 7) is 8.95. The van der Waals surface area contributed by atoms with E-state index in [0.717, 1.165) is 11.3 Å². The lowest BCUT2D eigenvalue weighted by atomic mass is 10.1. The summed E-state index contributed by atoms with van der Waals surface area (Å²) in [5.41, 5.74) is 3.06. The Morgan fingerprint density at radius 3 is 2.51 bits per heavy atom. The molecule has 4 aromatic rings. The number of ether oxygens (including phenoxy) is 2. The Bertz CT molecular complexity index is 1330. The van der Waals surface area contributed by atoms with Crippen LogP contribution in [0.2, 0.25) is 0 Å². The molecule has 2 aromatic heterocycles. The quantitative estimate of drug-likeness (QED) is 0.226. The Morgan fingerprint density at radius 1 is 1.08 bits per heavy atom. The number of carbonyl (C=O) groups excluding carboxylic acids is 1. The zero-order chi connectivity index (χ0) is 26.4. The third-order valence-corrected chi connectivity index (χ3v) is 7.18. The summed E-state index contributed by atoms with van der Waals surface area (Å²) in [4.78, 5) is 17.3. The molecule has 1 unspecified atom stereocenters. The van der Waals surface area contributed by atoms with E-state index in [1.807, 2.05) is 72.3 Å². The van der Waals surface area contributed by atoms with Gasteiger partial charge in [-0.1, -0.05) is 67.6 Å². The van der Waals surface area contributed by atoms with E-state index in [4.69, 9.17) is 9.47 Å². The molecule has 1 amide bonds. The van der Waals surface area contributed by atoms with Crippen molar-refractivity contribution in [3.05, 3.63) is 65.3 Å². The average Bonchev–Trinajstić information content (AvgIpc) is 3.50. The summed E-state index contributed by atoms with van der Waals surface area (Å²) in [7, 11) is 1.61. The van der Waals surface area contributed by atoms with Crippen LogP contribution in [0.5, 0.6) is 11.5 Å². The van der Waals surface area contributed by atoms with E-state index < -0.39 is 0 Å². The Morgan fingerprint density at radius 2 is 1.81 bits per heavy atom. The maximum atomic E-state index is 12.7. The van der Waals surface area contributed by atoms with Crippen molar-refractivity contribution in [3.63, 3.8) is 0 Å². The molecule has 0 saturated carbocycles. The monoisotopic (exact) mass is 537 g/mol. The molecule has 0 aliphatic rings. The molecule has 0 bridgehead atoms. The van der Waals surface area contributed by atoms with Crippen molar-refractivity contribution in [1.29, 1.82) is 0 Å². The third-order valence-electron chi connectivity index (χ3n) is 5.46. The Kier molecular flexibility index (Phi) is 8.83. The topological polar surface area (TPSA) is 91.2 Å². The molecule has 0 spiro atoms. The summed E-state index contributed by atoms with van der Waals surface area (Å²) in [6.07, 6.45) is -0.360. The second-order valence-electron chi connectivity index (χ2n) is 9.00. The van der Waals surface area contributed by atoms with Crippen LogP contribution >= 0.6 is 23.1 Å². The first-order valence-electron chi connectivity index (χ1n) is 12.0. The number of thioether (sulfide) groups is 1. The van der Waals surface area contributed by atoms with Crippen molar-refractivity contribution < 1.29 is 14.3 Å².